The van der Waals surface area contributed by atoms with Gasteiger partial charge in [0.1, 0.15) is 0 Å². The van der Waals surface area contributed by atoms with Crippen LogP contribution in [0.5, 0.6) is 0 Å². The van der Waals surface area contributed by atoms with Crippen molar-refractivity contribution in [2.24, 2.45) is 0 Å². The van der Waals surface area contributed by atoms with Crippen LogP contribution in [0, 0.1) is 0 Å². The van der Waals surface area contributed by atoms with Gasteiger partial charge in [-0.15, -0.1) is 0 Å². The summed E-state index contributed by atoms with van der Waals surface area (Å²) in [4.78, 5) is 1.79. The standard InChI is InChI=1S/C26H18S2Se/c27-25(19-11-3-1-4-12-19)21-15-7-9-17-23(21)29-24-18-10-8-16-22(24)26(28)20-13-5-2-6-14-20/h1-18H/i19+1,20+1. The second kappa shape index (κ2) is 9.38. The van der Waals surface area contributed by atoms with Gasteiger partial charge in [-0.05, 0) is 0 Å². The zero-order valence-electron chi connectivity index (χ0n) is 15.6. The van der Waals surface area contributed by atoms with Crippen LogP contribution in [0.1, 0.15) is 22.3 Å². The van der Waals surface area contributed by atoms with Crippen LogP contribution in [0.2, 0.25) is 0 Å². The molecule has 0 bridgehead atoms. The number of thiocarbonyl (C=S) groups is 2. The van der Waals surface area contributed by atoms with E-state index in [2.05, 4.69) is 72.8 Å². The first kappa shape index (κ1) is 19.9. The molecule has 0 unspecified atom stereocenters. The van der Waals surface area contributed by atoms with Crippen LogP contribution in [0.25, 0.3) is 0 Å². The molecule has 0 N–H and O–H groups in total. The van der Waals surface area contributed by atoms with Crippen molar-refractivity contribution >= 4 is 58.0 Å². The molecule has 0 aliphatic carbocycles. The number of hydrogen-bond donors (Lipinski definition) is 0. The first-order chi connectivity index (χ1) is 14.2. The molecular weight excluding hydrogens is 457 g/mol. The monoisotopic (exact) mass is 476 g/mol. The third kappa shape index (κ3) is 4.60. The molecule has 0 aliphatic heterocycles. The van der Waals surface area contributed by atoms with Gasteiger partial charge < -0.3 is 0 Å². The third-order valence-corrected chi connectivity index (χ3v) is 7.88. The minimum atomic E-state index is 0.0882. The molecule has 4 aromatic carbocycles. The summed E-state index contributed by atoms with van der Waals surface area (Å²) in [6, 6.07) is 37.4. The molecule has 140 valence electrons. The van der Waals surface area contributed by atoms with E-state index in [1.54, 1.807) is 0 Å². The maximum atomic E-state index is 5.84. The average molecular weight is 476 g/mol. The molecule has 0 aromatic heterocycles. The Morgan fingerprint density at radius 3 is 1.21 bits per heavy atom. The van der Waals surface area contributed by atoms with Gasteiger partial charge in [-0.2, -0.15) is 0 Å². The summed E-state index contributed by atoms with van der Waals surface area (Å²) >= 11 is 11.8. The van der Waals surface area contributed by atoms with E-state index < -0.39 is 0 Å². The van der Waals surface area contributed by atoms with Gasteiger partial charge in [0.25, 0.3) is 0 Å². The van der Waals surface area contributed by atoms with Gasteiger partial charge in [0.2, 0.25) is 0 Å². The number of hydrogen-bond acceptors (Lipinski definition) is 2. The molecule has 0 fully saturated rings. The van der Waals surface area contributed by atoms with E-state index in [4.69, 9.17) is 24.4 Å². The van der Waals surface area contributed by atoms with Gasteiger partial charge in [-0.25, -0.2) is 0 Å². The van der Waals surface area contributed by atoms with Crippen molar-refractivity contribution in [3.8, 4) is 0 Å². The van der Waals surface area contributed by atoms with Gasteiger partial charge in [-0.3, -0.25) is 0 Å². The van der Waals surface area contributed by atoms with Crippen LogP contribution >= 0.6 is 24.4 Å². The van der Waals surface area contributed by atoms with Gasteiger partial charge in [0.15, 0.2) is 0 Å². The Morgan fingerprint density at radius 1 is 0.448 bits per heavy atom. The molecular formula is C26H18S2Se. The molecule has 0 radical (unpaired) electrons. The van der Waals surface area contributed by atoms with Crippen LogP contribution in [0.3, 0.4) is 0 Å². The Balaban J connectivity index is 1.70. The maximum absolute atomic E-state index is 5.84. The molecule has 0 saturated heterocycles. The van der Waals surface area contributed by atoms with Crippen molar-refractivity contribution in [2.45, 2.75) is 0 Å². The molecule has 4 aromatic rings. The summed E-state index contributed by atoms with van der Waals surface area (Å²) < 4.78 is 2.55. The molecule has 0 heterocycles. The first-order valence-corrected chi connectivity index (χ1v) is 11.8. The first-order valence-electron chi connectivity index (χ1n) is 9.29. The topological polar surface area (TPSA) is 0 Å². The fourth-order valence-electron chi connectivity index (χ4n) is 3.09. The Bertz CT molecular complexity index is 1060. The Morgan fingerprint density at radius 2 is 0.793 bits per heavy atom. The van der Waals surface area contributed by atoms with Crippen molar-refractivity contribution in [2.75, 3.05) is 0 Å². The molecule has 0 aliphatic rings. The summed E-state index contributed by atoms with van der Waals surface area (Å²) in [5.74, 6) is 0. The van der Waals surface area contributed by atoms with Gasteiger partial charge >= 0.3 is 189 Å². The molecule has 0 saturated carbocycles. The van der Waals surface area contributed by atoms with E-state index in [0.29, 0.717) is 0 Å². The van der Waals surface area contributed by atoms with Crippen LogP contribution in [0.15, 0.2) is 109 Å². The molecule has 4 rings (SSSR count). The van der Waals surface area contributed by atoms with Crippen LogP contribution < -0.4 is 8.92 Å². The third-order valence-electron chi connectivity index (χ3n) is 4.56. The van der Waals surface area contributed by atoms with Crippen molar-refractivity contribution in [1.29, 1.82) is 0 Å². The van der Waals surface area contributed by atoms with E-state index in [0.717, 1.165) is 32.0 Å². The average Bonchev–Trinajstić information content (AvgIpc) is 2.80. The van der Waals surface area contributed by atoms with Crippen LogP contribution in [0.4, 0.5) is 0 Å². The Kier molecular flexibility index (Phi) is 6.43. The van der Waals surface area contributed by atoms with Gasteiger partial charge in [-0.1, -0.05) is 0 Å². The van der Waals surface area contributed by atoms with E-state index in [1.807, 2.05) is 36.4 Å². The minimum absolute atomic E-state index is 0.0882. The molecule has 0 spiro atoms. The van der Waals surface area contributed by atoms with Crippen molar-refractivity contribution in [3.63, 3.8) is 0 Å². The summed E-state index contributed by atoms with van der Waals surface area (Å²) in [7, 11) is 0. The van der Waals surface area contributed by atoms with Crippen LogP contribution in [-0.4, -0.2) is 24.7 Å². The fraction of sp³-hybridized carbons (Fsp3) is 0. The predicted molar refractivity (Wildman–Crippen MR) is 132 cm³/mol. The van der Waals surface area contributed by atoms with E-state index in [-0.39, 0.29) is 15.0 Å². The van der Waals surface area contributed by atoms with E-state index in [1.165, 1.54) is 8.92 Å². The summed E-state index contributed by atoms with van der Waals surface area (Å²) in [6.45, 7) is 0. The summed E-state index contributed by atoms with van der Waals surface area (Å²) in [6.07, 6.45) is 0. The van der Waals surface area contributed by atoms with Crippen molar-refractivity contribution in [3.05, 3.63) is 131 Å². The zero-order valence-corrected chi connectivity index (χ0v) is 19.0. The number of benzene rings is 4. The predicted octanol–water partition coefficient (Wildman–Crippen LogP) is 4.87. The molecule has 3 heteroatoms. The van der Waals surface area contributed by atoms with Crippen LogP contribution in [-0.2, 0) is 0 Å². The zero-order chi connectivity index (χ0) is 20.1. The second-order valence-electron chi connectivity index (χ2n) is 6.48. The fourth-order valence-corrected chi connectivity index (χ4v) is 6.30. The Hall–Kier alpha value is -2.42. The normalized spacial score (nSPS) is 10.5. The van der Waals surface area contributed by atoms with E-state index >= 15 is 0 Å². The SMILES string of the molecule is S=C(c1ccccc1[Se]c1ccccc1C(=S)[13c]1ccccc1)[13c]1ccccc1. The molecule has 29 heavy (non-hydrogen) atoms. The molecule has 0 amide bonds. The van der Waals surface area contributed by atoms with Gasteiger partial charge in [0.05, 0.1) is 0 Å². The Labute approximate surface area is 188 Å². The van der Waals surface area contributed by atoms with E-state index in [9.17, 15) is 0 Å². The van der Waals surface area contributed by atoms with Gasteiger partial charge in [0, 0.05) is 0 Å². The molecule has 0 nitrogen and oxygen atoms in total. The summed E-state index contributed by atoms with van der Waals surface area (Å²) in [5.41, 5.74) is 4.43. The quantitative estimate of drug-likeness (QED) is 0.222. The van der Waals surface area contributed by atoms with Crippen molar-refractivity contribution in [1.82, 2.24) is 0 Å². The molecule has 0 atom stereocenters. The second-order valence-corrected chi connectivity index (χ2v) is 9.58. The summed E-state index contributed by atoms with van der Waals surface area (Å²) in [5, 5.41) is 0. The number of rotatable bonds is 6. The van der Waals surface area contributed by atoms with Crippen molar-refractivity contribution < 1.29 is 0 Å².